The number of carbonyl (C=O) groups is 2. The summed E-state index contributed by atoms with van der Waals surface area (Å²) in [6.07, 6.45) is 2.11. The van der Waals surface area contributed by atoms with E-state index in [0.29, 0.717) is 5.75 Å². The van der Waals surface area contributed by atoms with Gasteiger partial charge in [-0.15, -0.1) is 0 Å². The van der Waals surface area contributed by atoms with Crippen LogP contribution in [-0.2, 0) is 4.79 Å². The smallest absolute Gasteiger partial charge is 0.326 e. The Bertz CT molecular complexity index is 482. The van der Waals surface area contributed by atoms with Crippen LogP contribution in [0, 0.1) is 5.82 Å². The molecule has 0 heterocycles. The Hall–Kier alpha value is -1.76. The van der Waals surface area contributed by atoms with Crippen LogP contribution in [0.2, 0.25) is 0 Å². The van der Waals surface area contributed by atoms with Gasteiger partial charge in [0.1, 0.15) is 11.9 Å². The summed E-state index contributed by atoms with van der Waals surface area (Å²) in [5, 5.41) is 11.3. The molecule has 0 spiro atoms. The van der Waals surface area contributed by atoms with E-state index in [0.717, 1.165) is 6.07 Å². The summed E-state index contributed by atoms with van der Waals surface area (Å²) in [6, 6.07) is 2.60. The van der Waals surface area contributed by atoms with Gasteiger partial charge in [-0.05, 0) is 36.6 Å². The van der Waals surface area contributed by atoms with Gasteiger partial charge in [-0.3, -0.25) is 4.79 Å². The summed E-state index contributed by atoms with van der Waals surface area (Å²) in [4.78, 5) is 22.8. The molecule has 0 radical (unpaired) electrons. The molecule has 0 saturated heterocycles. The van der Waals surface area contributed by atoms with Gasteiger partial charge in [-0.25, -0.2) is 9.18 Å². The van der Waals surface area contributed by atoms with E-state index < -0.39 is 23.7 Å². The van der Waals surface area contributed by atoms with Crippen LogP contribution in [-0.4, -0.2) is 35.0 Å². The van der Waals surface area contributed by atoms with Crippen molar-refractivity contribution >= 4 is 29.3 Å². The number of benzene rings is 1. The Morgan fingerprint density at radius 2 is 2.21 bits per heavy atom. The highest BCUT2D eigenvalue weighted by Crippen LogP contribution is 2.12. The van der Waals surface area contributed by atoms with Gasteiger partial charge in [0.25, 0.3) is 5.91 Å². The van der Waals surface area contributed by atoms with E-state index in [2.05, 4.69) is 5.32 Å². The van der Waals surface area contributed by atoms with E-state index in [4.69, 9.17) is 10.8 Å². The number of amides is 1. The number of hydrogen-bond acceptors (Lipinski definition) is 4. The molecule has 1 atom stereocenters. The molecule has 7 heteroatoms. The van der Waals surface area contributed by atoms with Gasteiger partial charge in [-0.2, -0.15) is 11.8 Å². The van der Waals surface area contributed by atoms with Crippen molar-refractivity contribution in [2.45, 2.75) is 12.5 Å². The Kier molecular flexibility index (Phi) is 5.62. The monoisotopic (exact) mass is 286 g/mol. The molecule has 4 N–H and O–H groups in total. The summed E-state index contributed by atoms with van der Waals surface area (Å²) in [6.45, 7) is 0. The number of nitrogens with two attached hydrogens (primary N) is 1. The molecule has 1 aromatic rings. The number of thioether (sulfide) groups is 1. The fraction of sp³-hybridized carbons (Fsp3) is 0.333. The van der Waals surface area contributed by atoms with E-state index >= 15 is 0 Å². The van der Waals surface area contributed by atoms with Gasteiger partial charge in [0.05, 0.1) is 5.56 Å². The van der Waals surface area contributed by atoms with Crippen LogP contribution in [0.3, 0.4) is 0 Å². The number of rotatable bonds is 6. The van der Waals surface area contributed by atoms with Gasteiger partial charge in [-0.1, -0.05) is 0 Å². The molecule has 1 aromatic carbocycles. The molecular formula is C12H15FN2O3S. The lowest BCUT2D eigenvalue weighted by Crippen LogP contribution is -2.41. The fourth-order valence-corrected chi connectivity index (χ4v) is 1.92. The van der Waals surface area contributed by atoms with Gasteiger partial charge in [0.15, 0.2) is 0 Å². The number of hydrogen-bond donors (Lipinski definition) is 3. The topological polar surface area (TPSA) is 92.4 Å². The maximum atomic E-state index is 13.5. The zero-order chi connectivity index (χ0) is 14.4. The first-order chi connectivity index (χ1) is 8.95. The fourth-order valence-electron chi connectivity index (χ4n) is 1.44. The van der Waals surface area contributed by atoms with Crippen molar-refractivity contribution in [3.05, 3.63) is 29.6 Å². The number of nitrogens with one attached hydrogen (secondary N) is 1. The van der Waals surface area contributed by atoms with E-state index in [1.807, 2.05) is 6.26 Å². The van der Waals surface area contributed by atoms with Gasteiger partial charge in [0, 0.05) is 5.69 Å². The maximum absolute atomic E-state index is 13.5. The largest absolute Gasteiger partial charge is 0.480 e. The van der Waals surface area contributed by atoms with Crippen LogP contribution in [0.5, 0.6) is 0 Å². The lowest BCUT2D eigenvalue weighted by molar-refractivity contribution is -0.139. The lowest BCUT2D eigenvalue weighted by atomic mass is 10.1. The van der Waals surface area contributed by atoms with Gasteiger partial charge >= 0.3 is 5.97 Å². The quantitative estimate of drug-likeness (QED) is 0.686. The predicted octanol–water partition coefficient (Wildman–Crippen LogP) is 1.34. The molecule has 1 amide bonds. The van der Waals surface area contributed by atoms with E-state index in [-0.39, 0.29) is 17.7 Å². The summed E-state index contributed by atoms with van der Waals surface area (Å²) in [5.41, 5.74) is 5.36. The number of carboxylic acid groups (broad SMARTS) is 1. The molecule has 5 nitrogen and oxygen atoms in total. The predicted molar refractivity (Wildman–Crippen MR) is 72.7 cm³/mol. The van der Waals surface area contributed by atoms with Crippen molar-refractivity contribution in [2.24, 2.45) is 0 Å². The van der Waals surface area contributed by atoms with Gasteiger partial charge in [0.2, 0.25) is 0 Å². The summed E-state index contributed by atoms with van der Waals surface area (Å²) in [5.74, 6) is -2.09. The first kappa shape index (κ1) is 15.3. The zero-order valence-electron chi connectivity index (χ0n) is 10.4. The molecule has 1 unspecified atom stereocenters. The molecule has 0 saturated carbocycles. The number of anilines is 1. The summed E-state index contributed by atoms with van der Waals surface area (Å²) >= 11 is 1.47. The van der Waals surface area contributed by atoms with Crippen LogP contribution in [0.1, 0.15) is 16.8 Å². The van der Waals surface area contributed by atoms with Crippen molar-refractivity contribution < 1.29 is 19.1 Å². The molecule has 0 aliphatic heterocycles. The number of carbonyl (C=O) groups excluding carboxylic acids is 1. The summed E-state index contributed by atoms with van der Waals surface area (Å²) in [7, 11) is 0. The highest BCUT2D eigenvalue weighted by Gasteiger charge is 2.21. The third-order valence-corrected chi connectivity index (χ3v) is 3.10. The second-order valence-corrected chi connectivity index (χ2v) is 4.87. The second-order valence-electron chi connectivity index (χ2n) is 3.89. The van der Waals surface area contributed by atoms with Crippen LogP contribution in [0.15, 0.2) is 18.2 Å². The Morgan fingerprint density at radius 1 is 1.53 bits per heavy atom. The Morgan fingerprint density at radius 3 is 2.74 bits per heavy atom. The average Bonchev–Trinajstić information content (AvgIpc) is 2.33. The minimum Gasteiger partial charge on any atom is -0.480 e. The average molecular weight is 286 g/mol. The van der Waals surface area contributed by atoms with Crippen molar-refractivity contribution in [3.63, 3.8) is 0 Å². The highest BCUT2D eigenvalue weighted by atomic mass is 32.2. The van der Waals surface area contributed by atoms with Crippen molar-refractivity contribution in [2.75, 3.05) is 17.7 Å². The molecule has 1 rings (SSSR count). The Balaban J connectivity index is 2.78. The van der Waals surface area contributed by atoms with E-state index in [1.54, 1.807) is 0 Å². The molecule has 0 aromatic heterocycles. The number of nitrogen functional groups attached to an aromatic ring is 1. The van der Waals surface area contributed by atoms with Crippen molar-refractivity contribution in [1.82, 2.24) is 5.32 Å². The normalized spacial score (nSPS) is 11.9. The van der Waals surface area contributed by atoms with Crippen LogP contribution in [0.25, 0.3) is 0 Å². The minimum atomic E-state index is -1.14. The third-order valence-electron chi connectivity index (χ3n) is 2.45. The molecule has 0 bridgehead atoms. The summed E-state index contributed by atoms with van der Waals surface area (Å²) < 4.78 is 13.5. The zero-order valence-corrected chi connectivity index (χ0v) is 11.2. The van der Waals surface area contributed by atoms with Crippen molar-refractivity contribution in [1.29, 1.82) is 0 Å². The molecule has 0 aliphatic rings. The van der Waals surface area contributed by atoms with Crippen molar-refractivity contribution in [3.8, 4) is 0 Å². The molecule has 0 fully saturated rings. The molecule has 104 valence electrons. The number of carboxylic acids is 1. The lowest BCUT2D eigenvalue weighted by Gasteiger charge is -2.14. The van der Waals surface area contributed by atoms with E-state index in [9.17, 15) is 14.0 Å². The second kappa shape index (κ2) is 6.98. The Labute approximate surface area is 114 Å². The van der Waals surface area contributed by atoms with Crippen LogP contribution < -0.4 is 11.1 Å². The highest BCUT2D eigenvalue weighted by molar-refractivity contribution is 7.98. The van der Waals surface area contributed by atoms with Crippen LogP contribution >= 0.6 is 11.8 Å². The SMILES string of the molecule is CSCCC(NC(=O)c1ccc(N)cc1F)C(=O)O. The third kappa shape index (κ3) is 4.44. The van der Waals surface area contributed by atoms with Crippen LogP contribution in [0.4, 0.5) is 10.1 Å². The van der Waals surface area contributed by atoms with Gasteiger partial charge < -0.3 is 16.2 Å². The van der Waals surface area contributed by atoms with E-state index in [1.165, 1.54) is 23.9 Å². The first-order valence-corrected chi connectivity index (χ1v) is 6.92. The molecular weight excluding hydrogens is 271 g/mol. The molecule has 19 heavy (non-hydrogen) atoms. The number of aliphatic carboxylic acids is 1. The standard InChI is InChI=1S/C12H15FN2O3S/c1-19-5-4-10(12(17)18)15-11(16)8-3-2-7(14)6-9(8)13/h2-3,6,10H,4-5,14H2,1H3,(H,15,16)(H,17,18). The molecule has 0 aliphatic carbocycles. The number of halogens is 1. The maximum Gasteiger partial charge on any atom is 0.326 e. The first-order valence-electron chi connectivity index (χ1n) is 5.53. The minimum absolute atomic E-state index is 0.200.